The number of nitrogens with one attached hydrogen (secondary N) is 1. The molecular formula is C26H31NO3. The molecule has 0 bridgehead atoms. The van der Waals surface area contributed by atoms with E-state index in [9.17, 15) is 0 Å². The van der Waals surface area contributed by atoms with Gasteiger partial charge in [-0.2, -0.15) is 0 Å². The van der Waals surface area contributed by atoms with E-state index in [-0.39, 0.29) is 0 Å². The number of hydrogen-bond donors (Lipinski definition) is 1. The Kier molecular flexibility index (Phi) is 7.34. The zero-order chi connectivity index (χ0) is 21.5. The van der Waals surface area contributed by atoms with Crippen molar-refractivity contribution in [2.45, 2.75) is 46.6 Å². The van der Waals surface area contributed by atoms with Gasteiger partial charge in [0.1, 0.15) is 29.6 Å². The zero-order valence-corrected chi connectivity index (χ0v) is 18.2. The molecular weight excluding hydrogens is 374 g/mol. The highest BCUT2D eigenvalue weighted by Gasteiger charge is 2.21. The van der Waals surface area contributed by atoms with E-state index in [0.717, 1.165) is 52.5 Å². The first-order valence-electron chi connectivity index (χ1n) is 10.5. The summed E-state index contributed by atoms with van der Waals surface area (Å²) in [6.07, 6.45) is 4.67. The average Bonchev–Trinajstić information content (AvgIpc) is 3.58. The monoisotopic (exact) mass is 405 g/mol. The summed E-state index contributed by atoms with van der Waals surface area (Å²) in [6.45, 7) is 11.3. The molecule has 3 rings (SSSR count). The largest absolute Gasteiger partial charge is 0.493 e. The van der Waals surface area contributed by atoms with Crippen molar-refractivity contribution in [1.82, 2.24) is 0 Å². The summed E-state index contributed by atoms with van der Waals surface area (Å²) < 4.78 is 17.8. The molecule has 4 nitrogen and oxygen atoms in total. The molecule has 0 aromatic heterocycles. The first-order chi connectivity index (χ1) is 14.5. The second-order valence-electron chi connectivity index (χ2n) is 7.86. The fourth-order valence-electron chi connectivity index (χ4n) is 3.02. The van der Waals surface area contributed by atoms with Crippen LogP contribution in [0.4, 0.5) is 0 Å². The maximum Gasteiger partial charge on any atom is 0.136 e. The Bertz CT molecular complexity index is 941. The minimum absolute atomic E-state index is 0.384. The first kappa shape index (κ1) is 21.7. The SMILES string of the molecule is C=C(C)c1cc(Oc2cccc(OCC3CC3)c2)ccc1CO/C(C=N)=C(\C)CC. The normalized spacial score (nSPS) is 14.0. The highest BCUT2D eigenvalue weighted by atomic mass is 16.5. The van der Waals surface area contributed by atoms with Crippen molar-refractivity contribution in [3.05, 3.63) is 71.5 Å². The third-order valence-corrected chi connectivity index (χ3v) is 5.23. The molecule has 158 valence electrons. The molecule has 4 heteroatoms. The molecule has 2 aromatic carbocycles. The molecule has 1 aliphatic carbocycles. The van der Waals surface area contributed by atoms with Crippen molar-refractivity contribution >= 4 is 11.8 Å². The lowest BCUT2D eigenvalue weighted by Crippen LogP contribution is -2.01. The predicted molar refractivity (Wildman–Crippen MR) is 122 cm³/mol. The molecule has 0 atom stereocenters. The van der Waals surface area contributed by atoms with Gasteiger partial charge in [0.25, 0.3) is 0 Å². The van der Waals surface area contributed by atoms with Gasteiger partial charge in [-0.25, -0.2) is 0 Å². The maximum atomic E-state index is 7.58. The van der Waals surface area contributed by atoms with Gasteiger partial charge in [-0.1, -0.05) is 31.2 Å². The molecule has 0 radical (unpaired) electrons. The van der Waals surface area contributed by atoms with E-state index in [1.165, 1.54) is 19.1 Å². The molecule has 30 heavy (non-hydrogen) atoms. The van der Waals surface area contributed by atoms with E-state index in [2.05, 4.69) is 13.5 Å². The Labute approximate surface area is 179 Å². The van der Waals surface area contributed by atoms with Crippen molar-refractivity contribution in [3.63, 3.8) is 0 Å². The van der Waals surface area contributed by atoms with E-state index < -0.39 is 0 Å². The van der Waals surface area contributed by atoms with Crippen LogP contribution in [0, 0.1) is 11.3 Å². The topological polar surface area (TPSA) is 51.5 Å². The summed E-state index contributed by atoms with van der Waals surface area (Å²) in [6, 6.07) is 13.7. The second-order valence-corrected chi connectivity index (χ2v) is 7.86. The summed E-state index contributed by atoms with van der Waals surface area (Å²) in [5, 5.41) is 7.58. The van der Waals surface area contributed by atoms with Gasteiger partial charge in [0.05, 0.1) is 12.8 Å². The number of benzene rings is 2. The van der Waals surface area contributed by atoms with Crippen LogP contribution in [0.5, 0.6) is 17.2 Å². The van der Waals surface area contributed by atoms with E-state index in [1.807, 2.05) is 56.3 Å². The fourth-order valence-corrected chi connectivity index (χ4v) is 3.02. The van der Waals surface area contributed by atoms with Crippen LogP contribution in [0.15, 0.2) is 60.4 Å². The van der Waals surface area contributed by atoms with Crippen LogP contribution in [0.2, 0.25) is 0 Å². The van der Waals surface area contributed by atoms with E-state index in [4.69, 9.17) is 19.6 Å². The lowest BCUT2D eigenvalue weighted by atomic mass is 10.0. The van der Waals surface area contributed by atoms with Gasteiger partial charge in [0, 0.05) is 6.07 Å². The Balaban J connectivity index is 1.72. The molecule has 0 saturated heterocycles. The second kappa shape index (κ2) is 10.1. The molecule has 1 N–H and O–H groups in total. The molecule has 0 heterocycles. The van der Waals surface area contributed by atoms with Crippen molar-refractivity contribution < 1.29 is 14.2 Å². The van der Waals surface area contributed by atoms with E-state index in [0.29, 0.717) is 18.3 Å². The van der Waals surface area contributed by atoms with Gasteiger partial charge in [-0.05, 0) is 80.0 Å². The van der Waals surface area contributed by atoms with Gasteiger partial charge < -0.3 is 19.6 Å². The van der Waals surface area contributed by atoms with Crippen LogP contribution in [0.1, 0.15) is 51.2 Å². The molecule has 0 unspecified atom stereocenters. The minimum Gasteiger partial charge on any atom is -0.493 e. The standard InChI is InChI=1S/C26H31NO3/c1-5-19(4)26(15-27)29-17-21-11-12-24(14-25(21)18(2)3)30-23-8-6-7-22(13-23)28-16-20-9-10-20/h6-8,11-15,20,27H,2,5,9-10,16-17H2,1,3-4H3/b26-19+,27-15?. The van der Waals surface area contributed by atoms with Crippen LogP contribution in [0.3, 0.4) is 0 Å². The molecule has 0 aliphatic heterocycles. The smallest absolute Gasteiger partial charge is 0.136 e. The third kappa shape index (κ3) is 5.99. The van der Waals surface area contributed by atoms with Gasteiger partial charge in [-0.3, -0.25) is 0 Å². The van der Waals surface area contributed by atoms with Gasteiger partial charge in [0.2, 0.25) is 0 Å². The van der Waals surface area contributed by atoms with Crippen molar-refractivity contribution in [3.8, 4) is 17.2 Å². The zero-order valence-electron chi connectivity index (χ0n) is 18.2. The quantitative estimate of drug-likeness (QED) is 0.319. The lowest BCUT2D eigenvalue weighted by molar-refractivity contribution is 0.215. The van der Waals surface area contributed by atoms with Crippen LogP contribution in [0.25, 0.3) is 5.57 Å². The van der Waals surface area contributed by atoms with Crippen molar-refractivity contribution in [2.24, 2.45) is 5.92 Å². The van der Waals surface area contributed by atoms with Gasteiger partial charge >= 0.3 is 0 Å². The number of hydrogen-bond acceptors (Lipinski definition) is 4. The summed E-state index contributed by atoms with van der Waals surface area (Å²) in [5.41, 5.74) is 4.01. The number of ether oxygens (including phenoxy) is 3. The van der Waals surface area contributed by atoms with Crippen LogP contribution in [-0.4, -0.2) is 12.8 Å². The Morgan fingerprint density at radius 3 is 2.50 bits per heavy atom. The van der Waals surface area contributed by atoms with E-state index in [1.54, 1.807) is 0 Å². The molecule has 1 fully saturated rings. The van der Waals surface area contributed by atoms with E-state index >= 15 is 0 Å². The van der Waals surface area contributed by atoms with Crippen LogP contribution < -0.4 is 9.47 Å². The summed E-state index contributed by atoms with van der Waals surface area (Å²) in [5.74, 6) is 3.65. The molecule has 2 aromatic rings. The Morgan fingerprint density at radius 2 is 1.83 bits per heavy atom. The summed E-state index contributed by atoms with van der Waals surface area (Å²) in [7, 11) is 0. The summed E-state index contributed by atoms with van der Waals surface area (Å²) in [4.78, 5) is 0. The van der Waals surface area contributed by atoms with Gasteiger partial charge in [-0.15, -0.1) is 0 Å². The molecule has 0 spiro atoms. The lowest BCUT2D eigenvalue weighted by Gasteiger charge is -2.15. The average molecular weight is 406 g/mol. The minimum atomic E-state index is 0.384. The highest BCUT2D eigenvalue weighted by molar-refractivity contribution is 5.74. The Hall–Kier alpha value is -3.01. The van der Waals surface area contributed by atoms with Crippen LogP contribution >= 0.6 is 0 Å². The molecule has 1 aliphatic rings. The Morgan fingerprint density at radius 1 is 1.10 bits per heavy atom. The third-order valence-electron chi connectivity index (χ3n) is 5.23. The predicted octanol–water partition coefficient (Wildman–Crippen LogP) is 7.15. The summed E-state index contributed by atoms with van der Waals surface area (Å²) >= 11 is 0. The maximum absolute atomic E-state index is 7.58. The number of rotatable bonds is 11. The van der Waals surface area contributed by atoms with Crippen molar-refractivity contribution in [1.29, 1.82) is 5.41 Å². The van der Waals surface area contributed by atoms with Crippen molar-refractivity contribution in [2.75, 3.05) is 6.61 Å². The number of allylic oxidation sites excluding steroid dienone is 3. The molecule has 0 amide bonds. The molecule has 1 saturated carbocycles. The van der Waals surface area contributed by atoms with Crippen LogP contribution in [-0.2, 0) is 11.3 Å². The highest BCUT2D eigenvalue weighted by Crippen LogP contribution is 2.32. The first-order valence-corrected chi connectivity index (χ1v) is 10.5. The van der Waals surface area contributed by atoms with Gasteiger partial charge in [0.15, 0.2) is 0 Å². The fraction of sp³-hybridized carbons (Fsp3) is 0.346.